The Morgan fingerprint density at radius 3 is 2.22 bits per heavy atom. The van der Waals surface area contributed by atoms with Crippen LogP contribution in [0.3, 0.4) is 0 Å². The second-order valence-corrected chi connectivity index (χ2v) is 6.54. The number of halogens is 3. The Kier molecular flexibility index (Phi) is 10.2. The Morgan fingerprint density at radius 2 is 1.57 bits per heavy atom. The monoisotopic (exact) mass is 350 g/mol. The third kappa shape index (κ3) is 7.96. The average molecular weight is 350 g/mol. The van der Waals surface area contributed by atoms with Crippen molar-refractivity contribution < 1.29 is 27.1 Å². The molecule has 132 valence electrons. The number of aryl methyl sites for hydroxylation is 1. The van der Waals surface area contributed by atoms with Gasteiger partial charge in [-0.25, -0.2) is 13.2 Å². The van der Waals surface area contributed by atoms with Crippen molar-refractivity contribution in [1.29, 1.82) is 0 Å². The minimum Gasteiger partial charge on any atom is -0.379 e. The molecule has 0 aliphatic heterocycles. The highest BCUT2D eigenvalue weighted by Gasteiger charge is 2.10. The Morgan fingerprint density at radius 1 is 0.913 bits per heavy atom. The van der Waals surface area contributed by atoms with E-state index in [2.05, 4.69) is 0 Å². The number of rotatable bonds is 12. The predicted octanol–water partition coefficient (Wildman–Crippen LogP) is 3.69. The molecule has 0 heterocycles. The molecule has 0 spiro atoms. The van der Waals surface area contributed by atoms with Crippen LogP contribution in [0.25, 0.3) is 0 Å². The first-order chi connectivity index (χ1) is 11.1. The van der Waals surface area contributed by atoms with Crippen LogP contribution in [0.1, 0.15) is 38.7 Å². The van der Waals surface area contributed by atoms with Crippen molar-refractivity contribution in [3.8, 4) is 0 Å². The van der Waals surface area contributed by atoms with E-state index in [9.17, 15) is 13.2 Å². The van der Waals surface area contributed by atoms with Crippen molar-refractivity contribution in [3.05, 3.63) is 35.1 Å². The summed E-state index contributed by atoms with van der Waals surface area (Å²) in [4.78, 5) is 0. The topological polar surface area (TPSA) is 27.7 Å². The molecule has 0 saturated carbocycles. The van der Waals surface area contributed by atoms with Crippen LogP contribution in [0.4, 0.5) is 13.2 Å². The molecule has 3 nitrogen and oxygen atoms in total. The van der Waals surface area contributed by atoms with Gasteiger partial charge in [-0.15, -0.1) is 0 Å². The van der Waals surface area contributed by atoms with Crippen molar-refractivity contribution >= 4 is 9.76 Å². The standard InChI is InChI=1S/C16H25F3O3Si/c1-3-20-16(21-4-2)22-23-9-7-5-6-8-12-10-14(18)15(19)11-13(12)17/h10-11,16H,3-9,23H2,1-2H3. The maximum Gasteiger partial charge on any atom is 0.261 e. The fraction of sp³-hybridized carbons (Fsp3) is 0.625. The number of ether oxygens (including phenoxy) is 2. The van der Waals surface area contributed by atoms with E-state index in [1.807, 2.05) is 13.8 Å². The molecule has 0 saturated heterocycles. The van der Waals surface area contributed by atoms with Gasteiger partial charge in [-0.2, -0.15) is 0 Å². The number of hydrogen-bond acceptors (Lipinski definition) is 3. The van der Waals surface area contributed by atoms with Gasteiger partial charge < -0.3 is 13.9 Å². The quantitative estimate of drug-likeness (QED) is 0.249. The SMILES string of the molecule is CCOC(OCC)O[SiH2]CCCCCc1cc(F)c(F)cc1F. The molecule has 0 aliphatic rings. The molecular formula is C16H25F3O3Si. The van der Waals surface area contributed by atoms with Crippen molar-refractivity contribution in [1.82, 2.24) is 0 Å². The van der Waals surface area contributed by atoms with Crippen LogP contribution in [0.15, 0.2) is 12.1 Å². The van der Waals surface area contributed by atoms with E-state index >= 15 is 0 Å². The Labute approximate surface area is 138 Å². The van der Waals surface area contributed by atoms with Crippen LogP contribution in [-0.2, 0) is 20.3 Å². The van der Waals surface area contributed by atoms with Crippen LogP contribution < -0.4 is 0 Å². The molecule has 7 heteroatoms. The molecular weight excluding hydrogens is 325 g/mol. The summed E-state index contributed by atoms with van der Waals surface area (Å²) in [6, 6.07) is 2.52. The second-order valence-electron chi connectivity index (χ2n) is 5.09. The molecule has 0 bridgehead atoms. The molecule has 1 rings (SSSR count). The zero-order valence-corrected chi connectivity index (χ0v) is 15.2. The summed E-state index contributed by atoms with van der Waals surface area (Å²) in [5, 5.41) is 0. The average Bonchev–Trinajstić information content (AvgIpc) is 2.51. The first kappa shape index (κ1) is 20.2. The molecule has 0 amide bonds. The van der Waals surface area contributed by atoms with Gasteiger partial charge in [-0.1, -0.05) is 12.8 Å². The van der Waals surface area contributed by atoms with Gasteiger partial charge in [0, 0.05) is 19.3 Å². The van der Waals surface area contributed by atoms with E-state index in [0.717, 1.165) is 31.4 Å². The normalized spacial score (nSPS) is 11.9. The molecule has 0 atom stereocenters. The van der Waals surface area contributed by atoms with Crippen molar-refractivity contribution in [3.63, 3.8) is 0 Å². The van der Waals surface area contributed by atoms with Gasteiger partial charge in [-0.3, -0.25) is 0 Å². The minimum atomic E-state index is -1.15. The van der Waals surface area contributed by atoms with E-state index < -0.39 is 33.7 Å². The maximum absolute atomic E-state index is 13.4. The first-order valence-corrected chi connectivity index (χ1v) is 9.64. The van der Waals surface area contributed by atoms with E-state index in [1.54, 1.807) is 0 Å². The summed E-state index contributed by atoms with van der Waals surface area (Å²) in [5.74, 6) is -2.83. The van der Waals surface area contributed by atoms with Gasteiger partial charge >= 0.3 is 0 Å². The number of benzene rings is 1. The van der Waals surface area contributed by atoms with Crippen molar-refractivity contribution in [2.45, 2.75) is 52.1 Å². The fourth-order valence-corrected chi connectivity index (χ4v) is 3.23. The van der Waals surface area contributed by atoms with Crippen LogP contribution >= 0.6 is 0 Å². The highest BCUT2D eigenvalue weighted by Crippen LogP contribution is 2.16. The Bertz CT molecular complexity index is 454. The van der Waals surface area contributed by atoms with E-state index in [-0.39, 0.29) is 5.56 Å². The maximum atomic E-state index is 13.4. The lowest BCUT2D eigenvalue weighted by atomic mass is 10.1. The molecule has 1 aromatic carbocycles. The largest absolute Gasteiger partial charge is 0.379 e. The predicted molar refractivity (Wildman–Crippen MR) is 85.3 cm³/mol. The highest BCUT2D eigenvalue weighted by atomic mass is 28.2. The van der Waals surface area contributed by atoms with Gasteiger partial charge in [-0.05, 0) is 44.4 Å². The third-order valence-corrected chi connectivity index (χ3v) is 4.59. The van der Waals surface area contributed by atoms with E-state index in [1.165, 1.54) is 0 Å². The summed E-state index contributed by atoms with van der Waals surface area (Å²) < 4.78 is 55.5. The summed E-state index contributed by atoms with van der Waals surface area (Å²) >= 11 is 0. The van der Waals surface area contributed by atoms with Gasteiger partial charge in [0.1, 0.15) is 5.82 Å². The van der Waals surface area contributed by atoms with E-state index in [4.69, 9.17) is 13.9 Å². The third-order valence-electron chi connectivity index (χ3n) is 3.29. The molecule has 0 radical (unpaired) electrons. The molecule has 0 N–H and O–H groups in total. The van der Waals surface area contributed by atoms with Crippen LogP contribution in [-0.4, -0.2) is 29.5 Å². The van der Waals surface area contributed by atoms with Gasteiger partial charge in [0.2, 0.25) is 0 Å². The molecule has 0 aliphatic carbocycles. The lowest BCUT2D eigenvalue weighted by Crippen LogP contribution is -2.22. The second kappa shape index (κ2) is 11.6. The van der Waals surface area contributed by atoms with Gasteiger partial charge in [0.15, 0.2) is 21.4 Å². The number of unbranched alkanes of at least 4 members (excludes halogenated alkanes) is 2. The Balaban J connectivity index is 2.15. The van der Waals surface area contributed by atoms with Crippen molar-refractivity contribution in [2.24, 2.45) is 0 Å². The smallest absolute Gasteiger partial charge is 0.261 e. The molecule has 0 aromatic heterocycles. The van der Waals surface area contributed by atoms with E-state index in [0.29, 0.717) is 25.7 Å². The Hall–Kier alpha value is -0.893. The fourth-order valence-electron chi connectivity index (χ4n) is 2.12. The highest BCUT2D eigenvalue weighted by molar-refractivity contribution is 6.27. The molecule has 0 unspecified atom stereocenters. The van der Waals surface area contributed by atoms with Gasteiger partial charge in [0.25, 0.3) is 6.48 Å². The summed E-state index contributed by atoms with van der Waals surface area (Å²) in [6.07, 6.45) is 2.99. The minimum absolute atomic E-state index is 0.227. The van der Waals surface area contributed by atoms with Gasteiger partial charge in [0.05, 0.1) is 0 Å². The van der Waals surface area contributed by atoms with Crippen LogP contribution in [0.5, 0.6) is 0 Å². The molecule has 0 fully saturated rings. The number of hydrogen-bond donors (Lipinski definition) is 0. The van der Waals surface area contributed by atoms with Crippen molar-refractivity contribution in [2.75, 3.05) is 13.2 Å². The van der Waals surface area contributed by atoms with Crippen LogP contribution in [0.2, 0.25) is 6.04 Å². The zero-order valence-electron chi connectivity index (χ0n) is 13.7. The lowest BCUT2D eigenvalue weighted by Gasteiger charge is -2.17. The molecule has 1 aromatic rings. The first-order valence-electron chi connectivity index (χ1n) is 8.06. The summed E-state index contributed by atoms with van der Waals surface area (Å²) in [6.45, 7) is 4.29. The van der Waals surface area contributed by atoms with Crippen LogP contribution in [0, 0.1) is 17.5 Å². The molecule has 23 heavy (non-hydrogen) atoms. The summed E-state index contributed by atoms with van der Waals surface area (Å²) in [7, 11) is -0.721. The summed E-state index contributed by atoms with van der Waals surface area (Å²) in [5.41, 5.74) is 0.227. The zero-order chi connectivity index (χ0) is 17.1. The lowest BCUT2D eigenvalue weighted by molar-refractivity contribution is -0.243.